The summed E-state index contributed by atoms with van der Waals surface area (Å²) in [5.41, 5.74) is 7.10. The second-order valence-corrected chi connectivity index (χ2v) is 5.32. The van der Waals surface area contributed by atoms with E-state index >= 15 is 0 Å². The molecule has 18 heavy (non-hydrogen) atoms. The quantitative estimate of drug-likeness (QED) is 0.807. The van der Waals surface area contributed by atoms with E-state index in [0.29, 0.717) is 5.92 Å². The molecule has 1 rings (SSSR count). The minimum Gasteiger partial charge on any atom is -0.367 e. The van der Waals surface area contributed by atoms with Crippen molar-refractivity contribution in [2.24, 2.45) is 11.7 Å². The molecule has 2 N–H and O–H groups in total. The summed E-state index contributed by atoms with van der Waals surface area (Å²) < 4.78 is 6.11. The zero-order valence-corrected chi connectivity index (χ0v) is 12.0. The van der Waals surface area contributed by atoms with Gasteiger partial charge in [-0.25, -0.2) is 0 Å². The minimum atomic E-state index is -0.107. The summed E-state index contributed by atoms with van der Waals surface area (Å²) in [6, 6.07) is 5.88. The highest BCUT2D eigenvalue weighted by atomic mass is 16.5. The Hall–Kier alpha value is -0.930. The third-order valence-corrected chi connectivity index (χ3v) is 3.02. The topological polar surface area (TPSA) is 48.1 Å². The molecular formula is C15H26N2O. The number of ether oxygens (including phenoxy) is 1. The van der Waals surface area contributed by atoms with E-state index in [0.717, 1.165) is 18.5 Å². The van der Waals surface area contributed by atoms with E-state index in [1.165, 1.54) is 0 Å². The summed E-state index contributed by atoms with van der Waals surface area (Å²) in [6.45, 7) is 8.60. The van der Waals surface area contributed by atoms with Crippen molar-refractivity contribution in [2.75, 3.05) is 0 Å². The van der Waals surface area contributed by atoms with E-state index in [4.69, 9.17) is 10.5 Å². The zero-order chi connectivity index (χ0) is 13.5. The molecule has 102 valence electrons. The SMILES string of the molecule is CCC(N)C(OC(C)CC(C)C)c1ccccn1. The van der Waals surface area contributed by atoms with E-state index in [-0.39, 0.29) is 18.2 Å². The first kappa shape index (κ1) is 15.1. The Morgan fingerprint density at radius 1 is 1.28 bits per heavy atom. The molecule has 0 saturated heterocycles. The van der Waals surface area contributed by atoms with Crippen molar-refractivity contribution in [3.8, 4) is 0 Å². The van der Waals surface area contributed by atoms with Crippen molar-refractivity contribution in [3.05, 3.63) is 30.1 Å². The molecule has 1 heterocycles. The van der Waals surface area contributed by atoms with Crippen LogP contribution in [-0.2, 0) is 4.74 Å². The van der Waals surface area contributed by atoms with Crippen molar-refractivity contribution in [2.45, 2.75) is 58.8 Å². The van der Waals surface area contributed by atoms with Gasteiger partial charge in [-0.15, -0.1) is 0 Å². The Morgan fingerprint density at radius 2 is 2.00 bits per heavy atom. The van der Waals surface area contributed by atoms with Gasteiger partial charge < -0.3 is 10.5 Å². The molecule has 0 spiro atoms. The van der Waals surface area contributed by atoms with Crippen LogP contribution in [-0.4, -0.2) is 17.1 Å². The lowest BCUT2D eigenvalue weighted by Gasteiger charge is -2.27. The highest BCUT2D eigenvalue weighted by molar-refractivity contribution is 5.09. The van der Waals surface area contributed by atoms with E-state index < -0.39 is 0 Å². The molecule has 0 radical (unpaired) electrons. The molecule has 0 aliphatic rings. The maximum Gasteiger partial charge on any atom is 0.115 e. The smallest absolute Gasteiger partial charge is 0.115 e. The van der Waals surface area contributed by atoms with Gasteiger partial charge in [0.25, 0.3) is 0 Å². The molecule has 0 aromatic carbocycles. The molecule has 3 unspecified atom stereocenters. The van der Waals surface area contributed by atoms with E-state index in [1.807, 2.05) is 18.2 Å². The van der Waals surface area contributed by atoms with Gasteiger partial charge in [0.15, 0.2) is 0 Å². The van der Waals surface area contributed by atoms with Gasteiger partial charge in [-0.05, 0) is 37.8 Å². The van der Waals surface area contributed by atoms with E-state index in [1.54, 1.807) is 6.20 Å². The first-order valence-electron chi connectivity index (χ1n) is 6.86. The second kappa shape index (κ2) is 7.49. The van der Waals surface area contributed by atoms with Crippen LogP contribution in [0.15, 0.2) is 24.4 Å². The zero-order valence-electron chi connectivity index (χ0n) is 12.0. The van der Waals surface area contributed by atoms with Crippen LogP contribution in [0.1, 0.15) is 52.3 Å². The van der Waals surface area contributed by atoms with Gasteiger partial charge in [0.1, 0.15) is 6.10 Å². The third kappa shape index (κ3) is 4.75. The molecule has 0 amide bonds. The monoisotopic (exact) mass is 250 g/mol. The Labute approximate surface area is 111 Å². The van der Waals surface area contributed by atoms with Crippen molar-refractivity contribution in [1.82, 2.24) is 4.98 Å². The fourth-order valence-corrected chi connectivity index (χ4v) is 2.12. The molecule has 1 aromatic rings. The van der Waals surface area contributed by atoms with Gasteiger partial charge in [-0.3, -0.25) is 4.98 Å². The fraction of sp³-hybridized carbons (Fsp3) is 0.667. The molecule has 3 nitrogen and oxygen atoms in total. The van der Waals surface area contributed by atoms with Crippen LogP contribution < -0.4 is 5.73 Å². The average Bonchev–Trinajstić information content (AvgIpc) is 2.35. The van der Waals surface area contributed by atoms with Gasteiger partial charge in [0, 0.05) is 12.2 Å². The molecule has 3 heteroatoms. The summed E-state index contributed by atoms with van der Waals surface area (Å²) in [5, 5.41) is 0. The minimum absolute atomic E-state index is 0.00508. The van der Waals surface area contributed by atoms with Gasteiger partial charge in [-0.2, -0.15) is 0 Å². The highest BCUT2D eigenvalue weighted by Gasteiger charge is 2.23. The maximum atomic E-state index is 6.16. The van der Waals surface area contributed by atoms with Crippen molar-refractivity contribution < 1.29 is 4.74 Å². The maximum absolute atomic E-state index is 6.16. The Morgan fingerprint density at radius 3 is 2.50 bits per heavy atom. The average molecular weight is 250 g/mol. The second-order valence-electron chi connectivity index (χ2n) is 5.32. The lowest BCUT2D eigenvalue weighted by Crippen LogP contribution is -2.32. The van der Waals surface area contributed by atoms with Crippen LogP contribution in [0.3, 0.4) is 0 Å². The number of nitrogens with zero attached hydrogens (tertiary/aromatic N) is 1. The summed E-state index contributed by atoms with van der Waals surface area (Å²) in [6.07, 6.45) is 3.82. The van der Waals surface area contributed by atoms with Crippen molar-refractivity contribution in [3.63, 3.8) is 0 Å². The van der Waals surface area contributed by atoms with E-state index in [9.17, 15) is 0 Å². The molecular weight excluding hydrogens is 224 g/mol. The lowest BCUT2D eigenvalue weighted by molar-refractivity contribution is -0.0292. The number of rotatable bonds is 7. The van der Waals surface area contributed by atoms with Crippen LogP contribution in [0.25, 0.3) is 0 Å². The first-order valence-corrected chi connectivity index (χ1v) is 6.86. The molecule has 0 fully saturated rings. The Balaban J connectivity index is 2.74. The standard InChI is InChI=1S/C15H26N2O/c1-5-13(16)15(14-8-6-7-9-17-14)18-12(4)10-11(2)3/h6-9,11-13,15H,5,10,16H2,1-4H3. The summed E-state index contributed by atoms with van der Waals surface area (Å²) in [5.74, 6) is 0.627. The number of nitrogens with two attached hydrogens (primary N) is 1. The predicted octanol–water partition coefficient (Wildman–Crippen LogP) is 3.31. The van der Waals surface area contributed by atoms with Gasteiger partial charge in [0.05, 0.1) is 11.8 Å². The summed E-state index contributed by atoms with van der Waals surface area (Å²) in [7, 11) is 0. The van der Waals surface area contributed by atoms with Gasteiger partial charge in [0.2, 0.25) is 0 Å². The van der Waals surface area contributed by atoms with Crippen molar-refractivity contribution in [1.29, 1.82) is 0 Å². The lowest BCUT2D eigenvalue weighted by atomic mass is 10.0. The van der Waals surface area contributed by atoms with E-state index in [2.05, 4.69) is 32.7 Å². The van der Waals surface area contributed by atoms with Crippen LogP contribution in [0.4, 0.5) is 0 Å². The van der Waals surface area contributed by atoms with Crippen LogP contribution in [0, 0.1) is 5.92 Å². The first-order chi connectivity index (χ1) is 8.54. The number of hydrogen-bond acceptors (Lipinski definition) is 3. The van der Waals surface area contributed by atoms with Crippen LogP contribution in [0.5, 0.6) is 0 Å². The molecule has 1 aromatic heterocycles. The Bertz CT molecular complexity index is 327. The van der Waals surface area contributed by atoms with Crippen LogP contribution >= 0.6 is 0 Å². The van der Waals surface area contributed by atoms with Crippen LogP contribution in [0.2, 0.25) is 0 Å². The number of pyridine rings is 1. The predicted molar refractivity (Wildman–Crippen MR) is 75.2 cm³/mol. The molecule has 0 saturated carbocycles. The van der Waals surface area contributed by atoms with Crippen molar-refractivity contribution >= 4 is 0 Å². The third-order valence-electron chi connectivity index (χ3n) is 3.02. The molecule has 3 atom stereocenters. The van der Waals surface area contributed by atoms with Gasteiger partial charge in [-0.1, -0.05) is 26.8 Å². The largest absolute Gasteiger partial charge is 0.367 e. The Kier molecular flexibility index (Phi) is 6.30. The number of aromatic nitrogens is 1. The summed E-state index contributed by atoms with van der Waals surface area (Å²) in [4.78, 5) is 4.38. The fourth-order valence-electron chi connectivity index (χ4n) is 2.12. The molecule has 0 aliphatic carbocycles. The normalized spacial score (nSPS) is 16.6. The highest BCUT2D eigenvalue weighted by Crippen LogP contribution is 2.23. The molecule has 0 bridgehead atoms. The summed E-state index contributed by atoms with van der Waals surface area (Å²) >= 11 is 0. The van der Waals surface area contributed by atoms with Gasteiger partial charge >= 0.3 is 0 Å². The number of hydrogen-bond donors (Lipinski definition) is 1. The molecule has 0 aliphatic heterocycles.